The van der Waals surface area contributed by atoms with Gasteiger partial charge in [0.05, 0.1) is 23.8 Å². The maximum absolute atomic E-state index is 12.3. The van der Waals surface area contributed by atoms with Crippen LogP contribution in [0.4, 0.5) is 0 Å². The number of rotatable bonds is 6. The van der Waals surface area contributed by atoms with Crippen molar-refractivity contribution in [1.82, 2.24) is 10.4 Å². The number of allylic oxidation sites excluding steroid dienone is 2. The average Bonchev–Trinajstić information content (AvgIpc) is 2.47. The summed E-state index contributed by atoms with van der Waals surface area (Å²) in [6.07, 6.45) is 2.11. The molecule has 1 aliphatic rings. The van der Waals surface area contributed by atoms with Gasteiger partial charge in [0, 0.05) is 32.5 Å². The summed E-state index contributed by atoms with van der Waals surface area (Å²) in [4.78, 5) is 43.0. The van der Waals surface area contributed by atoms with Gasteiger partial charge in [-0.15, -0.1) is 0 Å². The van der Waals surface area contributed by atoms with E-state index in [1.54, 1.807) is 20.2 Å². The van der Waals surface area contributed by atoms with Gasteiger partial charge in [-0.05, 0) is 12.5 Å². The molecule has 0 atom stereocenters. The Kier molecular flexibility index (Phi) is 7.27. The molecule has 0 bridgehead atoms. The molecule has 1 aliphatic carbocycles. The van der Waals surface area contributed by atoms with E-state index in [2.05, 4.69) is 5.48 Å². The second-order valence-electron chi connectivity index (χ2n) is 5.17. The first-order valence-corrected chi connectivity index (χ1v) is 7.49. The number of Topliss-reactive ketones (excluding diaryl/α,β-unsaturated/α-hetero) is 2. The van der Waals surface area contributed by atoms with Crippen LogP contribution in [-0.2, 0) is 19.2 Å². The number of hydrogen-bond donors (Lipinski definition) is 1. The SMILES string of the molecule is CCC(NOCC=CCl)=C1C(=O)CC(C(=O)N(C)C)CC1=O. The summed E-state index contributed by atoms with van der Waals surface area (Å²) in [5.74, 6) is -1.42. The van der Waals surface area contributed by atoms with Gasteiger partial charge in [-0.2, -0.15) is 0 Å². The predicted molar refractivity (Wildman–Crippen MR) is 82.8 cm³/mol. The summed E-state index contributed by atoms with van der Waals surface area (Å²) >= 11 is 5.37. The van der Waals surface area contributed by atoms with E-state index >= 15 is 0 Å². The molecule has 0 aromatic carbocycles. The second kappa shape index (κ2) is 8.70. The molecule has 1 rings (SSSR count). The first-order valence-electron chi connectivity index (χ1n) is 7.06. The van der Waals surface area contributed by atoms with E-state index in [0.717, 1.165) is 0 Å². The van der Waals surface area contributed by atoms with Gasteiger partial charge in [0.25, 0.3) is 0 Å². The van der Waals surface area contributed by atoms with Crippen LogP contribution in [0, 0.1) is 5.92 Å². The standard InChI is InChI=1S/C15H21ClN2O4/c1-4-11(17-22-7-5-6-16)14-12(19)8-10(9-13(14)20)15(21)18(2)3/h5-6,10,17H,4,7-9H2,1-3H3. The van der Waals surface area contributed by atoms with Crippen molar-refractivity contribution in [3.05, 3.63) is 22.9 Å². The fourth-order valence-corrected chi connectivity index (χ4v) is 2.34. The molecule has 122 valence electrons. The van der Waals surface area contributed by atoms with Crippen LogP contribution in [0.15, 0.2) is 22.9 Å². The van der Waals surface area contributed by atoms with Crippen molar-refractivity contribution in [2.24, 2.45) is 5.92 Å². The minimum atomic E-state index is -0.572. The minimum Gasteiger partial charge on any atom is -0.349 e. The van der Waals surface area contributed by atoms with E-state index in [9.17, 15) is 14.4 Å². The van der Waals surface area contributed by atoms with Gasteiger partial charge in [0.2, 0.25) is 5.91 Å². The zero-order valence-electron chi connectivity index (χ0n) is 13.0. The largest absolute Gasteiger partial charge is 0.349 e. The lowest BCUT2D eigenvalue weighted by Gasteiger charge is -2.25. The highest BCUT2D eigenvalue weighted by Crippen LogP contribution is 2.26. The van der Waals surface area contributed by atoms with Crippen molar-refractivity contribution >= 4 is 29.1 Å². The van der Waals surface area contributed by atoms with Crippen LogP contribution in [-0.4, -0.2) is 43.1 Å². The van der Waals surface area contributed by atoms with Gasteiger partial charge in [-0.1, -0.05) is 18.5 Å². The number of hydrogen-bond acceptors (Lipinski definition) is 5. The Bertz CT molecular complexity index is 492. The van der Waals surface area contributed by atoms with Crippen molar-refractivity contribution in [2.45, 2.75) is 26.2 Å². The van der Waals surface area contributed by atoms with Crippen molar-refractivity contribution < 1.29 is 19.2 Å². The molecule has 6 nitrogen and oxygen atoms in total. The number of nitrogens with one attached hydrogen (secondary N) is 1. The van der Waals surface area contributed by atoms with Crippen LogP contribution in [0.1, 0.15) is 26.2 Å². The smallest absolute Gasteiger partial charge is 0.226 e. The van der Waals surface area contributed by atoms with Crippen molar-refractivity contribution in [2.75, 3.05) is 20.7 Å². The van der Waals surface area contributed by atoms with Crippen molar-refractivity contribution in [3.8, 4) is 0 Å². The first-order chi connectivity index (χ1) is 10.4. The number of amides is 1. The third kappa shape index (κ3) is 4.68. The molecule has 0 aliphatic heterocycles. The molecule has 0 saturated heterocycles. The lowest BCUT2D eigenvalue weighted by atomic mass is 9.82. The highest BCUT2D eigenvalue weighted by Gasteiger charge is 2.36. The summed E-state index contributed by atoms with van der Waals surface area (Å²) in [7, 11) is 3.22. The number of halogens is 1. The van der Waals surface area contributed by atoms with E-state index in [4.69, 9.17) is 16.4 Å². The lowest BCUT2D eigenvalue weighted by molar-refractivity contribution is -0.139. The molecule has 1 fully saturated rings. The first kappa shape index (κ1) is 18.4. The minimum absolute atomic E-state index is 0.0465. The van der Waals surface area contributed by atoms with Crippen LogP contribution in [0.25, 0.3) is 0 Å². The fraction of sp³-hybridized carbons (Fsp3) is 0.533. The van der Waals surface area contributed by atoms with E-state index in [0.29, 0.717) is 12.1 Å². The molecule has 7 heteroatoms. The van der Waals surface area contributed by atoms with E-state index in [1.807, 2.05) is 6.92 Å². The molecule has 1 amide bonds. The highest BCUT2D eigenvalue weighted by atomic mass is 35.5. The van der Waals surface area contributed by atoms with Crippen LogP contribution in [0.3, 0.4) is 0 Å². The van der Waals surface area contributed by atoms with E-state index in [-0.39, 0.29) is 42.5 Å². The van der Waals surface area contributed by atoms with Crippen LogP contribution in [0.2, 0.25) is 0 Å². The van der Waals surface area contributed by atoms with Gasteiger partial charge in [0.1, 0.15) is 0 Å². The number of carbonyl (C=O) groups is 3. The Labute approximate surface area is 135 Å². The molecular weight excluding hydrogens is 308 g/mol. The van der Waals surface area contributed by atoms with Crippen LogP contribution >= 0.6 is 11.6 Å². The number of hydroxylamine groups is 1. The summed E-state index contributed by atoms with van der Waals surface area (Å²) in [6, 6.07) is 0. The topological polar surface area (TPSA) is 75.7 Å². The van der Waals surface area contributed by atoms with Gasteiger partial charge >= 0.3 is 0 Å². The van der Waals surface area contributed by atoms with Gasteiger partial charge in [-0.25, -0.2) is 0 Å². The number of carbonyl (C=O) groups excluding carboxylic acids is 3. The predicted octanol–water partition coefficient (Wildman–Crippen LogP) is 1.56. The molecule has 0 aromatic rings. The van der Waals surface area contributed by atoms with Gasteiger partial charge in [-0.3, -0.25) is 24.7 Å². The number of nitrogens with zero attached hydrogens (tertiary/aromatic N) is 1. The molecule has 1 saturated carbocycles. The Hall–Kier alpha value is -1.66. The molecular formula is C15H21ClN2O4. The van der Waals surface area contributed by atoms with Crippen LogP contribution in [0.5, 0.6) is 0 Å². The maximum atomic E-state index is 12.3. The monoisotopic (exact) mass is 328 g/mol. The quantitative estimate of drug-likeness (QED) is 0.346. The second-order valence-corrected chi connectivity index (χ2v) is 5.42. The summed E-state index contributed by atoms with van der Waals surface area (Å²) in [5, 5.41) is 0. The molecule has 0 radical (unpaired) electrons. The Morgan fingerprint density at radius 2 is 1.95 bits per heavy atom. The molecule has 22 heavy (non-hydrogen) atoms. The highest BCUT2D eigenvalue weighted by molar-refractivity contribution is 6.25. The average molecular weight is 329 g/mol. The zero-order chi connectivity index (χ0) is 16.7. The molecule has 0 unspecified atom stereocenters. The zero-order valence-corrected chi connectivity index (χ0v) is 13.8. The maximum Gasteiger partial charge on any atom is 0.226 e. The van der Waals surface area contributed by atoms with E-state index < -0.39 is 5.92 Å². The van der Waals surface area contributed by atoms with Gasteiger partial charge in [0.15, 0.2) is 11.6 Å². The Balaban J connectivity index is 2.86. The van der Waals surface area contributed by atoms with E-state index in [1.165, 1.54) is 10.4 Å². The molecule has 0 heterocycles. The lowest BCUT2D eigenvalue weighted by Crippen LogP contribution is -2.38. The third-order valence-electron chi connectivity index (χ3n) is 3.33. The Morgan fingerprint density at radius 3 is 2.41 bits per heavy atom. The molecule has 0 spiro atoms. The molecule has 0 aromatic heterocycles. The summed E-state index contributed by atoms with van der Waals surface area (Å²) < 4.78 is 0. The normalized spacial score (nSPS) is 18.7. The van der Waals surface area contributed by atoms with Crippen molar-refractivity contribution in [1.29, 1.82) is 0 Å². The Morgan fingerprint density at radius 1 is 1.36 bits per heavy atom. The van der Waals surface area contributed by atoms with Crippen LogP contribution < -0.4 is 5.48 Å². The summed E-state index contributed by atoms with van der Waals surface area (Å²) in [6.45, 7) is 2.03. The van der Waals surface area contributed by atoms with Crippen molar-refractivity contribution in [3.63, 3.8) is 0 Å². The third-order valence-corrected chi connectivity index (χ3v) is 3.51. The summed E-state index contributed by atoms with van der Waals surface area (Å²) in [5.41, 5.74) is 4.50. The van der Waals surface area contributed by atoms with Gasteiger partial charge < -0.3 is 4.90 Å². The molecule has 1 N–H and O–H groups in total. The fourth-order valence-electron chi connectivity index (χ4n) is 2.27. The number of ketones is 2.